The lowest BCUT2D eigenvalue weighted by atomic mass is 9.97. The SMILES string of the molecule is CCNC(=NCCN(C)C(C)C)NCCC1=CCCCC1.I. The van der Waals surface area contributed by atoms with Gasteiger partial charge in [0.1, 0.15) is 0 Å². The first-order chi connectivity index (χ1) is 10.1. The monoisotopic (exact) mass is 422 g/mol. The summed E-state index contributed by atoms with van der Waals surface area (Å²) in [7, 11) is 2.15. The fourth-order valence-electron chi connectivity index (χ4n) is 2.39. The Bertz CT molecular complexity index is 340. The Balaban J connectivity index is 0.00000441. The maximum atomic E-state index is 4.65. The molecule has 4 nitrogen and oxygen atoms in total. The second-order valence-corrected chi connectivity index (χ2v) is 6.12. The van der Waals surface area contributed by atoms with Gasteiger partial charge in [0.05, 0.1) is 6.54 Å². The van der Waals surface area contributed by atoms with Crippen molar-refractivity contribution in [2.75, 3.05) is 33.2 Å². The molecule has 0 aromatic carbocycles. The van der Waals surface area contributed by atoms with Gasteiger partial charge in [-0.05, 0) is 59.9 Å². The Morgan fingerprint density at radius 3 is 2.68 bits per heavy atom. The van der Waals surface area contributed by atoms with Crippen molar-refractivity contribution in [3.05, 3.63) is 11.6 Å². The number of halogens is 1. The Kier molecular flexibility index (Phi) is 13.0. The van der Waals surface area contributed by atoms with Gasteiger partial charge in [0.2, 0.25) is 0 Å². The molecule has 0 amide bonds. The predicted octanol–water partition coefficient (Wildman–Crippen LogP) is 3.39. The van der Waals surface area contributed by atoms with Crippen LogP contribution in [0.15, 0.2) is 16.6 Å². The predicted molar refractivity (Wildman–Crippen MR) is 108 cm³/mol. The highest BCUT2D eigenvalue weighted by atomic mass is 127. The fourth-order valence-corrected chi connectivity index (χ4v) is 2.39. The molecule has 22 heavy (non-hydrogen) atoms. The molecule has 0 spiro atoms. The number of nitrogens with one attached hydrogen (secondary N) is 2. The van der Waals surface area contributed by atoms with E-state index in [1.54, 1.807) is 5.57 Å². The third-order valence-corrected chi connectivity index (χ3v) is 4.07. The van der Waals surface area contributed by atoms with E-state index in [1.807, 2.05) is 0 Å². The zero-order chi connectivity index (χ0) is 15.5. The summed E-state index contributed by atoms with van der Waals surface area (Å²) in [6.07, 6.45) is 8.86. The molecule has 0 radical (unpaired) electrons. The van der Waals surface area contributed by atoms with Gasteiger partial charge >= 0.3 is 0 Å². The van der Waals surface area contributed by atoms with Crippen LogP contribution < -0.4 is 10.6 Å². The molecule has 1 aliphatic rings. The average Bonchev–Trinajstić information content (AvgIpc) is 2.48. The van der Waals surface area contributed by atoms with Crippen molar-refractivity contribution in [2.24, 2.45) is 4.99 Å². The summed E-state index contributed by atoms with van der Waals surface area (Å²) in [5.74, 6) is 0.950. The fraction of sp³-hybridized carbons (Fsp3) is 0.824. The standard InChI is InChI=1S/C17H34N4.HI/c1-5-18-17(20-13-14-21(4)15(2)3)19-12-11-16-9-7-6-8-10-16;/h9,15H,5-8,10-14H2,1-4H3,(H2,18,19,20);1H. The molecule has 0 aliphatic heterocycles. The third-order valence-electron chi connectivity index (χ3n) is 4.07. The van der Waals surface area contributed by atoms with E-state index in [0.29, 0.717) is 6.04 Å². The minimum Gasteiger partial charge on any atom is -0.357 e. The summed E-state index contributed by atoms with van der Waals surface area (Å²) in [6, 6.07) is 0.578. The minimum atomic E-state index is 0. The van der Waals surface area contributed by atoms with E-state index < -0.39 is 0 Å². The molecule has 1 rings (SSSR count). The van der Waals surface area contributed by atoms with Crippen molar-refractivity contribution >= 4 is 29.9 Å². The van der Waals surface area contributed by atoms with Crippen molar-refractivity contribution in [2.45, 2.75) is 58.9 Å². The molecular weight excluding hydrogens is 387 g/mol. The maximum absolute atomic E-state index is 4.65. The molecule has 0 heterocycles. The topological polar surface area (TPSA) is 39.7 Å². The second kappa shape index (κ2) is 13.2. The van der Waals surface area contributed by atoms with Gasteiger partial charge in [-0.25, -0.2) is 0 Å². The third kappa shape index (κ3) is 9.66. The minimum absolute atomic E-state index is 0. The number of likely N-dealkylation sites (N-methyl/N-ethyl adjacent to an activating group) is 1. The van der Waals surface area contributed by atoms with E-state index in [1.165, 1.54) is 25.7 Å². The van der Waals surface area contributed by atoms with E-state index in [-0.39, 0.29) is 24.0 Å². The van der Waals surface area contributed by atoms with Crippen molar-refractivity contribution in [1.82, 2.24) is 15.5 Å². The zero-order valence-electron chi connectivity index (χ0n) is 14.8. The van der Waals surface area contributed by atoms with Crippen LogP contribution in [0.2, 0.25) is 0 Å². The molecule has 2 N–H and O–H groups in total. The summed E-state index contributed by atoms with van der Waals surface area (Å²) in [5.41, 5.74) is 1.61. The molecule has 0 saturated carbocycles. The molecule has 0 fully saturated rings. The molecule has 0 atom stereocenters. The average molecular weight is 422 g/mol. The van der Waals surface area contributed by atoms with Crippen LogP contribution in [-0.4, -0.2) is 50.1 Å². The molecular formula is C17H35IN4. The van der Waals surface area contributed by atoms with Gasteiger partial charge < -0.3 is 15.5 Å². The number of hydrogen-bond acceptors (Lipinski definition) is 2. The zero-order valence-corrected chi connectivity index (χ0v) is 17.2. The number of allylic oxidation sites excluding steroid dienone is 1. The lowest BCUT2D eigenvalue weighted by Gasteiger charge is -2.20. The lowest BCUT2D eigenvalue weighted by molar-refractivity contribution is 0.282. The normalized spacial score (nSPS) is 15.5. The second-order valence-electron chi connectivity index (χ2n) is 6.12. The van der Waals surface area contributed by atoms with Crippen LogP contribution in [0.5, 0.6) is 0 Å². The van der Waals surface area contributed by atoms with E-state index in [2.05, 4.69) is 54.4 Å². The van der Waals surface area contributed by atoms with Crippen molar-refractivity contribution in [1.29, 1.82) is 0 Å². The quantitative estimate of drug-likeness (QED) is 0.273. The highest BCUT2D eigenvalue weighted by Gasteiger charge is 2.05. The van der Waals surface area contributed by atoms with Crippen molar-refractivity contribution in [3.63, 3.8) is 0 Å². The number of guanidine groups is 1. The summed E-state index contributed by atoms with van der Waals surface area (Å²) >= 11 is 0. The molecule has 130 valence electrons. The van der Waals surface area contributed by atoms with E-state index in [0.717, 1.165) is 38.6 Å². The lowest BCUT2D eigenvalue weighted by Crippen LogP contribution is -2.38. The maximum Gasteiger partial charge on any atom is 0.191 e. The molecule has 1 aliphatic carbocycles. The van der Waals surface area contributed by atoms with Crippen LogP contribution in [0.3, 0.4) is 0 Å². The Hall–Kier alpha value is -0.300. The van der Waals surface area contributed by atoms with Crippen LogP contribution in [-0.2, 0) is 0 Å². The number of nitrogens with zero attached hydrogens (tertiary/aromatic N) is 2. The van der Waals surface area contributed by atoms with Crippen LogP contribution >= 0.6 is 24.0 Å². The smallest absolute Gasteiger partial charge is 0.191 e. The first kappa shape index (κ1) is 21.7. The highest BCUT2D eigenvalue weighted by Crippen LogP contribution is 2.19. The molecule has 0 saturated heterocycles. The van der Waals surface area contributed by atoms with Crippen LogP contribution in [0, 0.1) is 0 Å². The van der Waals surface area contributed by atoms with Gasteiger partial charge in [-0.15, -0.1) is 24.0 Å². The van der Waals surface area contributed by atoms with Crippen LogP contribution in [0.4, 0.5) is 0 Å². The van der Waals surface area contributed by atoms with E-state index in [4.69, 9.17) is 0 Å². The summed E-state index contributed by atoms with van der Waals surface area (Å²) in [5, 5.41) is 6.77. The van der Waals surface area contributed by atoms with E-state index >= 15 is 0 Å². The van der Waals surface area contributed by atoms with Gasteiger partial charge in [0.25, 0.3) is 0 Å². The van der Waals surface area contributed by atoms with Gasteiger partial charge in [-0.2, -0.15) is 0 Å². The van der Waals surface area contributed by atoms with Crippen LogP contribution in [0.25, 0.3) is 0 Å². The highest BCUT2D eigenvalue weighted by molar-refractivity contribution is 14.0. The first-order valence-electron chi connectivity index (χ1n) is 8.53. The summed E-state index contributed by atoms with van der Waals surface area (Å²) < 4.78 is 0. The van der Waals surface area contributed by atoms with Gasteiger partial charge in [-0.1, -0.05) is 11.6 Å². The number of aliphatic imine (C=N–C) groups is 1. The van der Waals surface area contributed by atoms with Crippen molar-refractivity contribution in [3.8, 4) is 0 Å². The van der Waals surface area contributed by atoms with Crippen molar-refractivity contribution < 1.29 is 0 Å². The summed E-state index contributed by atoms with van der Waals surface area (Å²) in [4.78, 5) is 6.97. The molecule has 0 aromatic heterocycles. The van der Waals surface area contributed by atoms with Gasteiger partial charge in [0, 0.05) is 25.7 Å². The molecule has 0 unspecified atom stereocenters. The van der Waals surface area contributed by atoms with Gasteiger partial charge in [0.15, 0.2) is 5.96 Å². The molecule has 0 bridgehead atoms. The van der Waals surface area contributed by atoms with Crippen LogP contribution in [0.1, 0.15) is 52.9 Å². The Labute approximate surface area is 154 Å². The largest absolute Gasteiger partial charge is 0.357 e. The van der Waals surface area contributed by atoms with E-state index in [9.17, 15) is 0 Å². The first-order valence-corrected chi connectivity index (χ1v) is 8.53. The number of hydrogen-bond donors (Lipinski definition) is 2. The Morgan fingerprint density at radius 2 is 2.09 bits per heavy atom. The summed E-state index contributed by atoms with van der Waals surface area (Å²) in [6.45, 7) is 10.3. The molecule has 0 aromatic rings. The van der Waals surface area contributed by atoms with Gasteiger partial charge in [-0.3, -0.25) is 4.99 Å². The molecule has 5 heteroatoms. The Morgan fingerprint density at radius 1 is 1.32 bits per heavy atom. The number of rotatable bonds is 8.